The molecule has 1 rings (SSSR count). The van der Waals surface area contributed by atoms with Crippen LogP contribution in [0.15, 0.2) is 23.1 Å². The van der Waals surface area contributed by atoms with Crippen molar-refractivity contribution in [2.24, 2.45) is 0 Å². The predicted molar refractivity (Wildman–Crippen MR) is 58.2 cm³/mol. The molecule has 0 nitrogen and oxygen atoms in total. The van der Waals surface area contributed by atoms with Crippen molar-refractivity contribution in [2.45, 2.75) is 25.7 Å². The number of rotatable bonds is 2. The van der Waals surface area contributed by atoms with Gasteiger partial charge in [-0.05, 0) is 0 Å². The van der Waals surface area contributed by atoms with Crippen LogP contribution in [0.4, 0.5) is 0 Å². The molecule has 0 heterocycles. The molecule has 0 amide bonds. The first-order valence-corrected chi connectivity index (χ1v) is 5.53. The van der Waals surface area contributed by atoms with Gasteiger partial charge in [0.1, 0.15) is 0 Å². The number of hydrogen-bond acceptors (Lipinski definition) is 1. The zero-order valence-corrected chi connectivity index (χ0v) is 10.1. The van der Waals surface area contributed by atoms with Crippen molar-refractivity contribution in [2.75, 3.05) is 0 Å². The second-order valence-corrected chi connectivity index (χ2v) is 5.91. The number of thioether (sulfide) groups is 1. The molecule has 0 unspecified atom stereocenters. The van der Waals surface area contributed by atoms with E-state index < -0.39 is 0 Å². The Labute approximate surface area is 86.1 Å². The molecule has 0 saturated heterocycles. The van der Waals surface area contributed by atoms with Crippen molar-refractivity contribution in [1.82, 2.24) is 0 Å². The summed E-state index contributed by atoms with van der Waals surface area (Å²) in [7, 11) is 0. The van der Waals surface area contributed by atoms with Crippen LogP contribution in [0.2, 0.25) is 0 Å². The van der Waals surface area contributed by atoms with Gasteiger partial charge in [0, 0.05) is 0 Å². The minimum atomic E-state index is 1.27. The molecule has 1 aromatic carbocycles. The second-order valence-electron chi connectivity index (χ2n) is 2.81. The van der Waals surface area contributed by atoms with Gasteiger partial charge in [0.25, 0.3) is 0 Å². The van der Waals surface area contributed by atoms with Crippen molar-refractivity contribution in [1.29, 1.82) is 0 Å². The quantitative estimate of drug-likeness (QED) is 0.568. The van der Waals surface area contributed by atoms with Crippen LogP contribution in [-0.4, -0.2) is 19.3 Å². The van der Waals surface area contributed by atoms with Crippen molar-refractivity contribution < 1.29 is 0 Å². The summed E-state index contributed by atoms with van der Waals surface area (Å²) in [5, 5.41) is 0. The summed E-state index contributed by atoms with van der Waals surface area (Å²) in [5.74, 6) is 0. The molecule has 12 heavy (non-hydrogen) atoms. The molecule has 0 N–H and O–H groups in total. The fraction of sp³-hybridized carbons (Fsp3) is 0.300. The van der Waals surface area contributed by atoms with E-state index in [1.165, 1.54) is 19.8 Å². The predicted octanol–water partition coefficient (Wildman–Crippen LogP) is 2.71. The minimum absolute atomic E-state index is 1.27. The van der Waals surface area contributed by atoms with Gasteiger partial charge < -0.3 is 0 Å². The van der Waals surface area contributed by atoms with Crippen LogP contribution in [-0.2, 0) is 0 Å². The molecular formula is C10H12SSe. The fourth-order valence-corrected chi connectivity index (χ4v) is 2.37. The normalized spacial score (nSPS) is 9.92. The Kier molecular flexibility index (Phi) is 3.57. The van der Waals surface area contributed by atoms with Crippen molar-refractivity contribution in [3.8, 4) is 0 Å². The number of aryl methyl sites for hydroxylation is 2. The third-order valence-electron chi connectivity index (χ3n) is 1.65. The van der Waals surface area contributed by atoms with E-state index in [0.29, 0.717) is 0 Å². The third-order valence-corrected chi connectivity index (χ3v) is 3.31. The van der Waals surface area contributed by atoms with Crippen LogP contribution >= 0.6 is 11.8 Å². The molecule has 1 aromatic rings. The molecule has 0 bridgehead atoms. The zero-order valence-electron chi connectivity index (χ0n) is 7.55. The summed E-state index contributed by atoms with van der Waals surface area (Å²) in [6, 6.07) is 6.40. The number of hydrogen-bond donors (Lipinski definition) is 0. The van der Waals surface area contributed by atoms with E-state index in [1.54, 1.807) is 0 Å². The zero-order chi connectivity index (χ0) is 9.14. The summed E-state index contributed by atoms with van der Waals surface area (Å²) in [5.41, 5.74) is 2.71. The molecule has 0 aromatic heterocycles. The monoisotopic (exact) mass is 244 g/mol. The molecule has 64 valence electrons. The third kappa shape index (κ3) is 2.48. The van der Waals surface area contributed by atoms with Gasteiger partial charge in [0.2, 0.25) is 0 Å². The standard InChI is InChI=1S/C10H12SSe/c1-7-5-4-6-8(2)10(7)11-9(3)12/h4-6H,1-3H3. The Bertz CT molecular complexity index is 284. The van der Waals surface area contributed by atoms with Crippen molar-refractivity contribution in [3.63, 3.8) is 0 Å². The van der Waals surface area contributed by atoms with E-state index in [0.717, 1.165) is 0 Å². The van der Waals surface area contributed by atoms with E-state index in [2.05, 4.69) is 54.5 Å². The van der Waals surface area contributed by atoms with Gasteiger partial charge in [-0.25, -0.2) is 0 Å². The van der Waals surface area contributed by atoms with Crippen LogP contribution in [0.5, 0.6) is 0 Å². The van der Waals surface area contributed by atoms with E-state index in [1.807, 2.05) is 11.8 Å². The first kappa shape index (κ1) is 10.0. The van der Waals surface area contributed by atoms with Gasteiger partial charge in [-0.1, -0.05) is 0 Å². The molecule has 0 radical (unpaired) electrons. The molecule has 0 saturated carbocycles. The van der Waals surface area contributed by atoms with Crippen molar-refractivity contribution in [3.05, 3.63) is 29.3 Å². The Morgan fingerprint density at radius 1 is 1.25 bits per heavy atom. The first-order valence-electron chi connectivity index (χ1n) is 3.86. The Balaban J connectivity index is 3.04. The Morgan fingerprint density at radius 2 is 1.75 bits per heavy atom. The molecule has 2 heteroatoms. The fourth-order valence-electron chi connectivity index (χ4n) is 1.10. The van der Waals surface area contributed by atoms with Gasteiger partial charge in [0.15, 0.2) is 0 Å². The van der Waals surface area contributed by atoms with E-state index >= 15 is 0 Å². The van der Waals surface area contributed by atoms with E-state index in [9.17, 15) is 0 Å². The molecule has 0 aliphatic heterocycles. The SMILES string of the molecule is CC(=[Se])Sc1c(C)cccc1C. The summed E-state index contributed by atoms with van der Waals surface area (Å²) in [4.78, 5) is 1.38. The molecule has 0 atom stereocenters. The maximum atomic E-state index is 3.02. The topological polar surface area (TPSA) is 0 Å². The average Bonchev–Trinajstić information content (AvgIpc) is 1.97. The average molecular weight is 243 g/mol. The molecule has 0 aliphatic rings. The number of benzene rings is 1. The summed E-state index contributed by atoms with van der Waals surface area (Å²) in [6.07, 6.45) is 0. The van der Waals surface area contributed by atoms with Gasteiger partial charge >= 0.3 is 86.1 Å². The molecule has 0 fully saturated rings. The van der Waals surface area contributed by atoms with Crippen LogP contribution in [0, 0.1) is 13.8 Å². The molecule has 0 spiro atoms. The Hall–Kier alpha value is -0.0405. The van der Waals surface area contributed by atoms with Crippen LogP contribution < -0.4 is 0 Å². The Morgan fingerprint density at radius 3 is 2.17 bits per heavy atom. The van der Waals surface area contributed by atoms with Gasteiger partial charge in [-0.3, -0.25) is 0 Å². The van der Waals surface area contributed by atoms with Crippen LogP contribution in [0.1, 0.15) is 18.1 Å². The summed E-state index contributed by atoms with van der Waals surface area (Å²) >= 11 is 4.84. The molecular weight excluding hydrogens is 231 g/mol. The van der Waals surface area contributed by atoms with Gasteiger partial charge in [-0.15, -0.1) is 0 Å². The van der Waals surface area contributed by atoms with Gasteiger partial charge in [0.05, 0.1) is 0 Å². The van der Waals surface area contributed by atoms with Gasteiger partial charge in [-0.2, -0.15) is 0 Å². The van der Waals surface area contributed by atoms with Crippen molar-refractivity contribution >= 4 is 31.1 Å². The van der Waals surface area contributed by atoms with Crippen LogP contribution in [0.25, 0.3) is 0 Å². The summed E-state index contributed by atoms with van der Waals surface area (Å²) in [6.45, 7) is 6.40. The molecule has 0 aliphatic carbocycles. The maximum absolute atomic E-state index is 3.02. The summed E-state index contributed by atoms with van der Waals surface area (Å²) < 4.78 is 1.27. The van der Waals surface area contributed by atoms with E-state index in [4.69, 9.17) is 0 Å². The van der Waals surface area contributed by atoms with E-state index in [-0.39, 0.29) is 0 Å². The first-order chi connectivity index (χ1) is 5.61. The second kappa shape index (κ2) is 4.27. The van der Waals surface area contributed by atoms with Crippen LogP contribution in [0.3, 0.4) is 0 Å².